The van der Waals surface area contributed by atoms with Gasteiger partial charge in [-0.2, -0.15) is 0 Å². The maximum Gasteiger partial charge on any atom is 0.173 e. The van der Waals surface area contributed by atoms with E-state index in [0.717, 1.165) is 60.6 Å². The Morgan fingerprint density at radius 3 is 1.64 bits per heavy atom. The molecule has 5 nitrogen and oxygen atoms in total. The van der Waals surface area contributed by atoms with Crippen LogP contribution in [-0.2, 0) is 23.6 Å². The van der Waals surface area contributed by atoms with Crippen molar-refractivity contribution in [2.75, 3.05) is 21.3 Å². The summed E-state index contributed by atoms with van der Waals surface area (Å²) in [5.74, 6) is 2.31. The highest BCUT2D eigenvalue weighted by Crippen LogP contribution is 2.30. The molecule has 0 aliphatic rings. The van der Waals surface area contributed by atoms with Crippen LogP contribution in [0.3, 0.4) is 0 Å². The van der Waals surface area contributed by atoms with Crippen molar-refractivity contribution in [3.05, 3.63) is 53.1 Å². The first kappa shape index (κ1) is 27.4. The highest BCUT2D eigenvalue weighted by atomic mass is 28.4. The van der Waals surface area contributed by atoms with Gasteiger partial charge in [0.25, 0.3) is 0 Å². The minimum atomic E-state index is -1.74. The number of hydrogen-bond acceptors (Lipinski definition) is 5. The van der Waals surface area contributed by atoms with Crippen LogP contribution < -0.4 is 14.2 Å². The van der Waals surface area contributed by atoms with Crippen LogP contribution in [0.15, 0.2) is 36.4 Å². The van der Waals surface area contributed by atoms with Crippen molar-refractivity contribution >= 4 is 16.6 Å². The van der Waals surface area contributed by atoms with Crippen LogP contribution in [-0.4, -0.2) is 43.1 Å². The third-order valence-corrected chi connectivity index (χ3v) is 13.5. The molecule has 2 aromatic rings. The van der Waals surface area contributed by atoms with Gasteiger partial charge < -0.3 is 23.4 Å². The number of aliphatic hydroxyl groups is 1. The number of ether oxygens (including phenoxy) is 3. The molecule has 7 heteroatoms. The fraction of sp³-hybridized carbons (Fsp3) is 0.538. The van der Waals surface area contributed by atoms with Crippen LogP contribution in [0.5, 0.6) is 17.2 Å². The molecule has 2 aromatic carbocycles. The van der Waals surface area contributed by atoms with E-state index in [1.807, 2.05) is 12.1 Å². The summed E-state index contributed by atoms with van der Waals surface area (Å²) in [4.78, 5) is 0. The quantitative estimate of drug-likeness (QED) is 0.320. The second-order valence-electron chi connectivity index (χ2n) is 9.82. The largest absolute Gasteiger partial charge is 0.496 e. The molecule has 0 amide bonds. The fourth-order valence-corrected chi connectivity index (χ4v) is 13.3. The van der Waals surface area contributed by atoms with Gasteiger partial charge in [0, 0.05) is 5.56 Å². The number of hydrogen-bond donors (Lipinski definition) is 1. The average Bonchev–Trinajstić information content (AvgIpc) is 2.77. The van der Waals surface area contributed by atoms with Gasteiger partial charge in [-0.1, -0.05) is 12.1 Å². The van der Waals surface area contributed by atoms with E-state index in [2.05, 4.69) is 50.5 Å². The molecule has 1 N–H and O–H groups in total. The first-order valence-electron chi connectivity index (χ1n) is 11.8. The molecule has 0 saturated heterocycles. The highest BCUT2D eigenvalue weighted by Gasteiger charge is 2.32. The molecule has 0 aliphatic carbocycles. The molecule has 0 heterocycles. The van der Waals surface area contributed by atoms with Crippen LogP contribution in [0.1, 0.15) is 29.5 Å². The minimum Gasteiger partial charge on any atom is -0.496 e. The Labute approximate surface area is 202 Å². The van der Waals surface area contributed by atoms with E-state index < -0.39 is 16.6 Å². The third kappa shape index (κ3) is 8.81. The van der Waals surface area contributed by atoms with Crippen molar-refractivity contribution in [3.8, 4) is 17.2 Å². The van der Waals surface area contributed by atoms with Gasteiger partial charge in [0.15, 0.2) is 28.1 Å². The topological polar surface area (TPSA) is 57.2 Å². The van der Waals surface area contributed by atoms with Crippen LogP contribution in [0.4, 0.5) is 0 Å². The summed E-state index contributed by atoms with van der Waals surface area (Å²) in [5.41, 5.74) is 3.37. The molecule has 33 heavy (non-hydrogen) atoms. The predicted molar refractivity (Wildman–Crippen MR) is 141 cm³/mol. The van der Waals surface area contributed by atoms with Gasteiger partial charge in [0.2, 0.25) is 0 Å². The minimum absolute atomic E-state index is 0.00344. The molecule has 0 radical (unpaired) electrons. The summed E-state index contributed by atoms with van der Waals surface area (Å²) in [7, 11) is 1.51. The first-order chi connectivity index (χ1) is 15.6. The Hall–Kier alpha value is -1.81. The molecule has 0 saturated carbocycles. The lowest BCUT2D eigenvalue weighted by atomic mass is 10.1. The summed E-state index contributed by atoms with van der Waals surface area (Å²) in [5, 5.41) is 9.55. The zero-order valence-electron chi connectivity index (χ0n) is 21.5. The molecule has 0 aromatic heterocycles. The van der Waals surface area contributed by atoms with E-state index in [0.29, 0.717) is 0 Å². The molecule has 0 atom stereocenters. The van der Waals surface area contributed by atoms with Crippen LogP contribution in [0.25, 0.3) is 0 Å². The first-order valence-corrected chi connectivity index (χ1v) is 18.0. The van der Waals surface area contributed by atoms with Crippen LogP contribution in [0, 0.1) is 0 Å². The van der Waals surface area contributed by atoms with Crippen molar-refractivity contribution < 1.29 is 23.4 Å². The molecule has 0 aliphatic heterocycles. The smallest absolute Gasteiger partial charge is 0.173 e. The normalized spacial score (nSPS) is 12.0. The molecule has 0 unspecified atom stereocenters. The van der Waals surface area contributed by atoms with Gasteiger partial charge in [-0.05, 0) is 99.4 Å². The number of aryl methyl sites for hydroxylation is 2. The zero-order valence-corrected chi connectivity index (χ0v) is 23.5. The maximum absolute atomic E-state index is 9.55. The molecule has 2 rings (SSSR count). The van der Waals surface area contributed by atoms with Crippen LogP contribution >= 0.6 is 0 Å². The van der Waals surface area contributed by atoms with E-state index >= 15 is 0 Å². The van der Waals surface area contributed by atoms with Gasteiger partial charge in [0.05, 0.1) is 27.9 Å². The van der Waals surface area contributed by atoms with Crippen molar-refractivity contribution in [1.82, 2.24) is 0 Å². The monoisotopic (exact) mass is 490 g/mol. The van der Waals surface area contributed by atoms with Crippen molar-refractivity contribution in [3.63, 3.8) is 0 Å². The SMILES string of the molecule is COc1ccc(CCC[Si](C)(C)O[Si](C)(C)CCCc2ccc(OC)c(OC)c2)cc1CO. The lowest BCUT2D eigenvalue weighted by Crippen LogP contribution is -2.44. The highest BCUT2D eigenvalue weighted by molar-refractivity contribution is 6.84. The van der Waals surface area contributed by atoms with E-state index in [-0.39, 0.29) is 6.61 Å². The summed E-state index contributed by atoms with van der Waals surface area (Å²) in [6.45, 7) is 9.41. The number of benzene rings is 2. The molecule has 184 valence electrons. The van der Waals surface area contributed by atoms with Crippen molar-refractivity contribution in [2.45, 2.75) is 70.6 Å². The molecule has 0 bridgehead atoms. The van der Waals surface area contributed by atoms with Gasteiger partial charge in [-0.25, -0.2) is 0 Å². The third-order valence-electron chi connectivity index (χ3n) is 6.00. The second kappa shape index (κ2) is 12.6. The number of methoxy groups -OCH3 is 3. The van der Waals surface area contributed by atoms with Crippen LogP contribution in [0.2, 0.25) is 38.3 Å². The Morgan fingerprint density at radius 2 is 1.15 bits per heavy atom. The maximum atomic E-state index is 9.55. The Morgan fingerprint density at radius 1 is 0.667 bits per heavy atom. The Bertz CT molecular complexity index is 811. The lowest BCUT2D eigenvalue weighted by molar-refractivity contribution is 0.273. The van der Waals surface area contributed by atoms with Gasteiger partial charge in [0.1, 0.15) is 5.75 Å². The summed E-state index contributed by atoms with van der Waals surface area (Å²) in [6.07, 6.45) is 4.24. The van der Waals surface area contributed by atoms with Crippen molar-refractivity contribution in [1.29, 1.82) is 0 Å². The Kier molecular flexibility index (Phi) is 10.5. The van der Waals surface area contributed by atoms with Crippen molar-refractivity contribution in [2.24, 2.45) is 0 Å². The lowest BCUT2D eigenvalue weighted by Gasteiger charge is -2.34. The number of rotatable bonds is 14. The summed E-state index contributed by atoms with van der Waals surface area (Å²) < 4.78 is 22.9. The van der Waals surface area contributed by atoms with E-state index in [9.17, 15) is 5.11 Å². The fourth-order valence-electron chi connectivity index (χ4n) is 4.43. The standard InChI is InChI=1S/C26H42O5Si2/c1-28-24-14-12-21(18-23(24)20-27)10-8-16-32(4,5)31-33(6,7)17-9-11-22-13-15-25(29-2)26(19-22)30-3/h12-15,18-19,27H,8-11,16-17,20H2,1-7H3. The van der Waals surface area contributed by atoms with Gasteiger partial charge >= 0.3 is 0 Å². The summed E-state index contributed by atoms with van der Waals surface area (Å²) in [6, 6.07) is 14.6. The van der Waals surface area contributed by atoms with E-state index in [4.69, 9.17) is 18.3 Å². The average molecular weight is 491 g/mol. The molecule has 0 fully saturated rings. The van der Waals surface area contributed by atoms with E-state index in [1.165, 1.54) is 11.1 Å². The zero-order chi connectivity index (χ0) is 24.5. The molecule has 0 spiro atoms. The predicted octanol–water partition coefficient (Wildman–Crippen LogP) is 6.20. The summed E-state index contributed by atoms with van der Waals surface area (Å²) >= 11 is 0. The van der Waals surface area contributed by atoms with Gasteiger partial charge in [-0.3, -0.25) is 0 Å². The number of aliphatic hydroxyl groups excluding tert-OH is 1. The van der Waals surface area contributed by atoms with E-state index in [1.54, 1.807) is 21.3 Å². The molecular weight excluding hydrogens is 448 g/mol. The van der Waals surface area contributed by atoms with Gasteiger partial charge in [-0.15, -0.1) is 0 Å². The molecular formula is C26H42O5Si2. The Balaban J connectivity index is 1.82. The second-order valence-corrected chi connectivity index (χ2v) is 18.7.